The van der Waals surface area contributed by atoms with Gasteiger partial charge >= 0.3 is 12.0 Å². The van der Waals surface area contributed by atoms with Crippen molar-refractivity contribution < 1.29 is 14.7 Å². The van der Waals surface area contributed by atoms with Crippen molar-refractivity contribution >= 4 is 12.0 Å². The Hall–Kier alpha value is -2.05. The zero-order valence-corrected chi connectivity index (χ0v) is 12.0. The summed E-state index contributed by atoms with van der Waals surface area (Å²) in [7, 11) is 0. The van der Waals surface area contributed by atoms with Gasteiger partial charge in [-0.15, -0.1) is 0 Å². The molecular formula is C14H22N4O3. The van der Waals surface area contributed by atoms with Gasteiger partial charge in [0, 0.05) is 24.9 Å². The van der Waals surface area contributed by atoms with Gasteiger partial charge in [-0.2, -0.15) is 0 Å². The van der Waals surface area contributed by atoms with Crippen LogP contribution in [0.2, 0.25) is 0 Å². The minimum Gasteiger partial charge on any atom is -0.480 e. The predicted molar refractivity (Wildman–Crippen MR) is 76.8 cm³/mol. The Balaban J connectivity index is 1.76. The number of H-pyrrole nitrogens is 1. The lowest BCUT2D eigenvalue weighted by Crippen LogP contribution is -2.48. The number of hydrogen-bond acceptors (Lipinski definition) is 3. The third-order valence-electron chi connectivity index (χ3n) is 3.86. The molecule has 0 aromatic carbocycles. The summed E-state index contributed by atoms with van der Waals surface area (Å²) in [6.45, 7) is 0.613. The monoisotopic (exact) mass is 294 g/mol. The van der Waals surface area contributed by atoms with Gasteiger partial charge in [0.25, 0.3) is 0 Å². The predicted octanol–water partition coefficient (Wildman–Crippen LogP) is 1.28. The van der Waals surface area contributed by atoms with Crippen molar-refractivity contribution in [1.29, 1.82) is 0 Å². The van der Waals surface area contributed by atoms with Gasteiger partial charge in [-0.3, -0.25) is 0 Å². The summed E-state index contributed by atoms with van der Waals surface area (Å²) in [5, 5.41) is 14.4. The van der Waals surface area contributed by atoms with Crippen molar-refractivity contribution in [2.45, 2.75) is 44.6 Å². The molecule has 1 aromatic heterocycles. The highest BCUT2D eigenvalue weighted by atomic mass is 16.4. The van der Waals surface area contributed by atoms with E-state index in [1.165, 1.54) is 25.6 Å². The number of carbonyl (C=O) groups is 2. The number of carboxylic acid groups (broad SMARTS) is 1. The fraction of sp³-hybridized carbons (Fsp3) is 0.643. The van der Waals surface area contributed by atoms with Crippen molar-refractivity contribution in [3.8, 4) is 0 Å². The Bertz CT molecular complexity index is 455. The molecular weight excluding hydrogens is 272 g/mol. The molecule has 0 saturated heterocycles. The molecule has 1 saturated carbocycles. The zero-order chi connectivity index (χ0) is 15.1. The molecule has 1 fully saturated rings. The van der Waals surface area contributed by atoms with Gasteiger partial charge in [0.15, 0.2) is 0 Å². The lowest BCUT2D eigenvalue weighted by Gasteiger charge is -2.22. The molecule has 2 rings (SSSR count). The molecule has 1 aromatic rings. The van der Waals surface area contributed by atoms with E-state index >= 15 is 0 Å². The number of amides is 2. The van der Waals surface area contributed by atoms with Gasteiger partial charge in [0.2, 0.25) is 0 Å². The number of aliphatic carboxylic acids is 1. The largest absolute Gasteiger partial charge is 0.480 e. The highest BCUT2D eigenvalue weighted by Gasteiger charge is 2.21. The number of aromatic nitrogens is 2. The van der Waals surface area contributed by atoms with E-state index in [1.807, 2.05) is 0 Å². The lowest BCUT2D eigenvalue weighted by atomic mass is 9.89. The number of nitrogens with zero attached hydrogens (tertiary/aromatic N) is 1. The maximum atomic E-state index is 11.8. The Kier molecular flexibility index (Phi) is 5.59. The molecule has 0 bridgehead atoms. The standard InChI is InChI=1S/C14H22N4O3/c19-13(20)12(6-11-8-15-9-17-11)18-14(21)16-7-10-4-2-1-3-5-10/h8-10,12H,1-7H2,(H,15,17)(H,19,20)(H2,16,18,21)/t12-/m1/s1. The molecule has 1 atom stereocenters. The average Bonchev–Trinajstić information content (AvgIpc) is 2.98. The van der Waals surface area contributed by atoms with Crippen LogP contribution < -0.4 is 10.6 Å². The first-order chi connectivity index (χ1) is 10.1. The molecule has 7 nitrogen and oxygen atoms in total. The molecule has 7 heteroatoms. The van der Waals surface area contributed by atoms with Gasteiger partial charge in [-0.05, 0) is 18.8 Å². The lowest BCUT2D eigenvalue weighted by molar-refractivity contribution is -0.139. The molecule has 4 N–H and O–H groups in total. The fourth-order valence-corrected chi connectivity index (χ4v) is 2.65. The second kappa shape index (κ2) is 7.66. The van der Waals surface area contributed by atoms with E-state index in [0.29, 0.717) is 18.2 Å². The minimum atomic E-state index is -1.06. The van der Waals surface area contributed by atoms with E-state index in [4.69, 9.17) is 5.11 Å². The summed E-state index contributed by atoms with van der Waals surface area (Å²) >= 11 is 0. The van der Waals surface area contributed by atoms with Crippen LogP contribution in [0, 0.1) is 5.92 Å². The van der Waals surface area contributed by atoms with Crippen molar-refractivity contribution in [1.82, 2.24) is 20.6 Å². The van der Waals surface area contributed by atoms with E-state index < -0.39 is 18.0 Å². The molecule has 1 aliphatic carbocycles. The molecule has 1 heterocycles. The smallest absolute Gasteiger partial charge is 0.326 e. The summed E-state index contributed by atoms with van der Waals surface area (Å²) in [4.78, 5) is 29.7. The molecule has 21 heavy (non-hydrogen) atoms. The zero-order valence-electron chi connectivity index (χ0n) is 12.0. The Morgan fingerprint density at radius 1 is 1.38 bits per heavy atom. The molecule has 0 spiro atoms. The summed E-state index contributed by atoms with van der Waals surface area (Å²) in [5.74, 6) is -0.544. The van der Waals surface area contributed by atoms with Gasteiger partial charge in [-0.25, -0.2) is 14.6 Å². The summed E-state index contributed by atoms with van der Waals surface area (Å²) in [5.41, 5.74) is 0.676. The number of urea groups is 1. The highest BCUT2D eigenvalue weighted by molar-refractivity contribution is 5.82. The third kappa shape index (κ3) is 5.09. The molecule has 116 valence electrons. The van der Waals surface area contributed by atoms with E-state index in [2.05, 4.69) is 20.6 Å². The average molecular weight is 294 g/mol. The number of carboxylic acids is 1. The fourth-order valence-electron chi connectivity index (χ4n) is 2.65. The van der Waals surface area contributed by atoms with Crippen molar-refractivity contribution in [3.63, 3.8) is 0 Å². The van der Waals surface area contributed by atoms with E-state index in [1.54, 1.807) is 6.20 Å². The Morgan fingerprint density at radius 3 is 2.76 bits per heavy atom. The van der Waals surface area contributed by atoms with Gasteiger partial charge in [0.05, 0.1) is 6.33 Å². The van der Waals surface area contributed by atoms with Crippen LogP contribution in [0.4, 0.5) is 4.79 Å². The Morgan fingerprint density at radius 2 is 2.14 bits per heavy atom. The van der Waals surface area contributed by atoms with Crippen LogP contribution >= 0.6 is 0 Å². The summed E-state index contributed by atoms with van der Waals surface area (Å²) in [6, 6.07) is -1.38. The Labute approximate surface area is 123 Å². The second-order valence-electron chi connectivity index (χ2n) is 5.53. The minimum absolute atomic E-state index is 0.187. The van der Waals surface area contributed by atoms with Crippen LogP contribution in [0.15, 0.2) is 12.5 Å². The molecule has 0 aliphatic heterocycles. The maximum absolute atomic E-state index is 11.8. The van der Waals surface area contributed by atoms with Gasteiger partial charge in [-0.1, -0.05) is 19.3 Å². The number of rotatable bonds is 6. The van der Waals surface area contributed by atoms with Crippen LogP contribution in [0.1, 0.15) is 37.8 Å². The number of hydrogen-bond donors (Lipinski definition) is 4. The van der Waals surface area contributed by atoms with Crippen molar-refractivity contribution in [2.75, 3.05) is 6.54 Å². The highest BCUT2D eigenvalue weighted by Crippen LogP contribution is 2.22. The van der Waals surface area contributed by atoms with E-state index in [-0.39, 0.29) is 6.42 Å². The van der Waals surface area contributed by atoms with Crippen molar-refractivity contribution in [3.05, 3.63) is 18.2 Å². The maximum Gasteiger partial charge on any atom is 0.326 e. The summed E-state index contributed by atoms with van der Waals surface area (Å²) in [6.07, 6.45) is 9.19. The van der Waals surface area contributed by atoms with Crippen LogP contribution in [0.5, 0.6) is 0 Å². The van der Waals surface area contributed by atoms with Crippen molar-refractivity contribution in [2.24, 2.45) is 5.92 Å². The van der Waals surface area contributed by atoms with E-state index in [0.717, 1.165) is 12.8 Å². The first-order valence-electron chi connectivity index (χ1n) is 7.39. The van der Waals surface area contributed by atoms with Gasteiger partial charge in [0.1, 0.15) is 6.04 Å². The topological polar surface area (TPSA) is 107 Å². The van der Waals surface area contributed by atoms with Gasteiger partial charge < -0.3 is 20.7 Å². The first-order valence-corrected chi connectivity index (χ1v) is 7.39. The molecule has 0 radical (unpaired) electrons. The SMILES string of the molecule is O=C(NCC1CCCCC1)N[C@H](Cc1cnc[nH]1)C(=O)O. The number of nitrogens with one attached hydrogen (secondary N) is 3. The van der Waals surface area contributed by atoms with Crippen LogP contribution in [0.25, 0.3) is 0 Å². The van der Waals surface area contributed by atoms with E-state index in [9.17, 15) is 9.59 Å². The van der Waals surface area contributed by atoms with Crippen LogP contribution in [-0.2, 0) is 11.2 Å². The number of imidazole rings is 1. The first kappa shape index (κ1) is 15.3. The van der Waals surface area contributed by atoms with Crippen LogP contribution in [-0.4, -0.2) is 39.7 Å². The number of carbonyl (C=O) groups excluding carboxylic acids is 1. The molecule has 2 amide bonds. The third-order valence-corrected chi connectivity index (χ3v) is 3.86. The second-order valence-corrected chi connectivity index (χ2v) is 5.53. The quantitative estimate of drug-likeness (QED) is 0.634. The number of aromatic amines is 1. The summed E-state index contributed by atoms with van der Waals surface area (Å²) < 4.78 is 0. The molecule has 1 aliphatic rings. The normalized spacial score (nSPS) is 17.1. The molecule has 0 unspecified atom stereocenters. The van der Waals surface area contributed by atoms with Crippen LogP contribution in [0.3, 0.4) is 0 Å².